The molecule has 0 unspecified atom stereocenters. The van der Waals surface area contributed by atoms with Crippen molar-refractivity contribution in [2.45, 2.75) is 19.4 Å². The molecule has 0 atom stereocenters. The molecule has 0 aromatic carbocycles. The molecule has 0 radical (unpaired) electrons. The summed E-state index contributed by atoms with van der Waals surface area (Å²) < 4.78 is 5.01. The van der Waals surface area contributed by atoms with E-state index >= 15 is 0 Å². The molecule has 0 bridgehead atoms. The zero-order valence-electron chi connectivity index (χ0n) is 14.3. The molecule has 4 heterocycles. The van der Waals surface area contributed by atoms with Crippen LogP contribution in [0.3, 0.4) is 0 Å². The molecule has 0 spiro atoms. The summed E-state index contributed by atoms with van der Waals surface area (Å²) in [5.74, 6) is 0.879. The molecule has 0 N–H and O–H groups in total. The van der Waals surface area contributed by atoms with Crippen LogP contribution < -0.4 is 9.64 Å². The summed E-state index contributed by atoms with van der Waals surface area (Å²) in [7, 11) is 1.54. The molecule has 4 rings (SSSR count). The van der Waals surface area contributed by atoms with Gasteiger partial charge in [-0.2, -0.15) is 0 Å². The molecular weight excluding hydrogens is 352 g/mol. The van der Waals surface area contributed by atoms with Crippen LogP contribution >= 0.6 is 11.6 Å². The van der Waals surface area contributed by atoms with Gasteiger partial charge in [0.2, 0.25) is 0 Å². The van der Waals surface area contributed by atoms with E-state index in [1.165, 1.54) is 7.11 Å². The molecule has 8 heteroatoms. The molecule has 0 saturated carbocycles. The van der Waals surface area contributed by atoms with E-state index in [4.69, 9.17) is 21.3 Å². The second-order valence-electron chi connectivity index (χ2n) is 5.96. The summed E-state index contributed by atoms with van der Waals surface area (Å²) in [5, 5.41) is 0.521. The summed E-state index contributed by atoms with van der Waals surface area (Å²) in [6.07, 6.45) is 8.78. The molecule has 1 aliphatic heterocycles. The summed E-state index contributed by atoms with van der Waals surface area (Å²) in [6.45, 7) is 1.55. The smallest absolute Gasteiger partial charge is 0.316 e. The van der Waals surface area contributed by atoms with E-state index in [0.29, 0.717) is 17.7 Å². The first-order valence-electron chi connectivity index (χ1n) is 8.31. The van der Waals surface area contributed by atoms with Gasteiger partial charge in [-0.1, -0.05) is 17.7 Å². The van der Waals surface area contributed by atoms with E-state index in [1.807, 2.05) is 12.1 Å². The zero-order chi connectivity index (χ0) is 17.9. The average molecular weight is 369 g/mol. The highest BCUT2D eigenvalue weighted by Crippen LogP contribution is 2.28. The monoisotopic (exact) mass is 368 g/mol. The third-order valence-corrected chi connectivity index (χ3v) is 4.61. The van der Waals surface area contributed by atoms with E-state index in [1.54, 1.807) is 24.8 Å². The minimum absolute atomic E-state index is 0.326. The molecule has 3 aromatic rings. The second kappa shape index (κ2) is 7.21. The Balaban J connectivity index is 1.66. The number of methoxy groups -OCH3 is 1. The summed E-state index contributed by atoms with van der Waals surface area (Å²) >= 11 is 6.22. The normalized spacial score (nSPS) is 13.4. The minimum atomic E-state index is 0.326. The number of anilines is 1. The number of pyridine rings is 1. The van der Waals surface area contributed by atoms with Crippen molar-refractivity contribution in [1.82, 2.24) is 24.9 Å². The first-order valence-corrected chi connectivity index (χ1v) is 8.69. The van der Waals surface area contributed by atoms with E-state index < -0.39 is 0 Å². The fraction of sp³-hybridized carbons (Fsp3) is 0.278. The van der Waals surface area contributed by atoms with Gasteiger partial charge in [-0.05, 0) is 18.9 Å². The molecule has 0 fully saturated rings. The predicted molar refractivity (Wildman–Crippen MR) is 98.2 cm³/mol. The fourth-order valence-corrected chi connectivity index (χ4v) is 3.15. The van der Waals surface area contributed by atoms with Gasteiger partial charge in [0.25, 0.3) is 0 Å². The molecule has 3 aromatic heterocycles. The van der Waals surface area contributed by atoms with Crippen LogP contribution in [-0.4, -0.2) is 38.6 Å². The highest BCUT2D eigenvalue weighted by molar-refractivity contribution is 6.30. The lowest BCUT2D eigenvalue weighted by Gasteiger charge is -2.29. The number of fused-ring (bicyclic) bond motifs is 1. The highest BCUT2D eigenvalue weighted by Gasteiger charge is 2.21. The summed E-state index contributed by atoms with van der Waals surface area (Å²) in [6, 6.07) is 4.20. The van der Waals surface area contributed by atoms with Gasteiger partial charge in [-0.15, -0.1) is 0 Å². The third-order valence-electron chi connectivity index (χ3n) is 4.27. The van der Waals surface area contributed by atoms with Gasteiger partial charge in [0, 0.05) is 42.8 Å². The number of nitrogens with zero attached hydrogens (tertiary/aromatic N) is 6. The van der Waals surface area contributed by atoms with Crippen molar-refractivity contribution in [2.24, 2.45) is 0 Å². The molecule has 26 heavy (non-hydrogen) atoms. The quantitative estimate of drug-likeness (QED) is 0.655. The number of aryl methyl sites for hydroxylation is 1. The topological polar surface area (TPSA) is 76.9 Å². The molecule has 132 valence electrons. The lowest BCUT2D eigenvalue weighted by Crippen LogP contribution is -2.30. The van der Waals surface area contributed by atoms with Crippen LogP contribution in [0.15, 0.2) is 36.9 Å². The summed E-state index contributed by atoms with van der Waals surface area (Å²) in [5.41, 5.74) is 3.50. The van der Waals surface area contributed by atoms with Crippen molar-refractivity contribution in [3.05, 3.63) is 53.3 Å². The van der Waals surface area contributed by atoms with Gasteiger partial charge < -0.3 is 9.64 Å². The van der Waals surface area contributed by atoms with Gasteiger partial charge >= 0.3 is 6.01 Å². The van der Waals surface area contributed by atoms with Crippen molar-refractivity contribution < 1.29 is 4.74 Å². The van der Waals surface area contributed by atoms with E-state index in [2.05, 4.69) is 24.8 Å². The van der Waals surface area contributed by atoms with Crippen LogP contribution in [0.4, 0.5) is 5.82 Å². The van der Waals surface area contributed by atoms with Crippen LogP contribution in [0, 0.1) is 0 Å². The number of hydrogen-bond acceptors (Lipinski definition) is 7. The minimum Gasteiger partial charge on any atom is -0.467 e. The Morgan fingerprint density at radius 1 is 1.15 bits per heavy atom. The number of rotatable bonds is 4. The van der Waals surface area contributed by atoms with Gasteiger partial charge in [0.05, 0.1) is 24.7 Å². The number of ether oxygens (including phenoxy) is 1. The van der Waals surface area contributed by atoms with Crippen LogP contribution in [0.2, 0.25) is 5.15 Å². The van der Waals surface area contributed by atoms with Crippen molar-refractivity contribution >= 4 is 17.4 Å². The number of halogens is 1. The van der Waals surface area contributed by atoms with Crippen molar-refractivity contribution in [3.8, 4) is 17.3 Å². The maximum atomic E-state index is 6.22. The van der Waals surface area contributed by atoms with E-state index in [9.17, 15) is 0 Å². The molecule has 1 aliphatic rings. The third kappa shape index (κ3) is 3.30. The first-order chi connectivity index (χ1) is 12.7. The Morgan fingerprint density at radius 3 is 2.77 bits per heavy atom. The molecule has 7 nitrogen and oxygen atoms in total. The average Bonchev–Trinajstić information content (AvgIpc) is 2.70. The van der Waals surface area contributed by atoms with Crippen LogP contribution in [0.25, 0.3) is 11.3 Å². The Labute approximate surface area is 156 Å². The molecule has 0 amide bonds. The number of hydrogen-bond donors (Lipinski definition) is 0. The maximum absolute atomic E-state index is 6.22. The largest absolute Gasteiger partial charge is 0.467 e. The predicted octanol–water partition coefficient (Wildman–Crippen LogP) is 2.94. The second-order valence-corrected chi connectivity index (χ2v) is 6.32. The van der Waals surface area contributed by atoms with Gasteiger partial charge in [0.15, 0.2) is 5.82 Å². The zero-order valence-corrected chi connectivity index (χ0v) is 15.0. The Bertz CT molecular complexity index is 918. The SMILES string of the molecule is COc1ncc(-c2cnc3c(n2)N(Cc2cccnc2Cl)CCC3)cn1. The Hall–Kier alpha value is -2.80. The van der Waals surface area contributed by atoms with Crippen LogP contribution in [0.1, 0.15) is 17.7 Å². The van der Waals surface area contributed by atoms with Crippen molar-refractivity contribution in [2.75, 3.05) is 18.6 Å². The highest BCUT2D eigenvalue weighted by atomic mass is 35.5. The van der Waals surface area contributed by atoms with Gasteiger partial charge in [-0.25, -0.2) is 19.9 Å². The fourth-order valence-electron chi connectivity index (χ4n) is 2.97. The summed E-state index contributed by atoms with van der Waals surface area (Å²) in [4.78, 5) is 24.1. The van der Waals surface area contributed by atoms with Crippen molar-refractivity contribution in [1.29, 1.82) is 0 Å². The lowest BCUT2D eigenvalue weighted by molar-refractivity contribution is 0.380. The van der Waals surface area contributed by atoms with Gasteiger partial charge in [-0.3, -0.25) is 4.98 Å². The van der Waals surface area contributed by atoms with Crippen LogP contribution in [-0.2, 0) is 13.0 Å². The maximum Gasteiger partial charge on any atom is 0.316 e. The first kappa shape index (κ1) is 16.7. The molecule has 0 saturated heterocycles. The Morgan fingerprint density at radius 2 is 2.00 bits per heavy atom. The number of aromatic nitrogens is 5. The lowest BCUT2D eigenvalue weighted by atomic mass is 10.1. The molecule has 0 aliphatic carbocycles. The standard InChI is InChI=1S/C18H17ClN6O/c1-26-18-22-8-13(9-23-18)15-10-21-14-5-3-7-25(17(14)24-15)11-12-4-2-6-20-16(12)19/h2,4,6,8-10H,3,5,7,11H2,1H3. The molecular formula is C18H17ClN6O. The van der Waals surface area contributed by atoms with E-state index in [-0.39, 0.29) is 0 Å². The Kier molecular flexibility index (Phi) is 4.62. The van der Waals surface area contributed by atoms with Crippen LogP contribution in [0.5, 0.6) is 6.01 Å². The van der Waals surface area contributed by atoms with Crippen molar-refractivity contribution in [3.63, 3.8) is 0 Å². The van der Waals surface area contributed by atoms with E-state index in [0.717, 1.165) is 47.7 Å². The van der Waals surface area contributed by atoms with Gasteiger partial charge in [0.1, 0.15) is 5.15 Å².